The molecule has 31 heavy (non-hydrogen) atoms. The van der Waals surface area contributed by atoms with Crippen LogP contribution in [-0.2, 0) is 0 Å². The van der Waals surface area contributed by atoms with E-state index in [2.05, 4.69) is 25.5 Å². The maximum absolute atomic E-state index is 12.8. The van der Waals surface area contributed by atoms with E-state index in [0.717, 1.165) is 11.3 Å². The summed E-state index contributed by atoms with van der Waals surface area (Å²) in [5.41, 5.74) is 1.64. The van der Waals surface area contributed by atoms with Crippen LogP contribution in [0.3, 0.4) is 0 Å². The number of benzene rings is 1. The second kappa shape index (κ2) is 7.67. The van der Waals surface area contributed by atoms with Gasteiger partial charge in [-0.1, -0.05) is 30.3 Å². The van der Waals surface area contributed by atoms with Gasteiger partial charge < -0.3 is 10.2 Å². The molecule has 0 saturated carbocycles. The lowest BCUT2D eigenvalue weighted by molar-refractivity contribution is 0.0652. The molecule has 3 heterocycles. The summed E-state index contributed by atoms with van der Waals surface area (Å²) in [5.74, 6) is -0.0321. The van der Waals surface area contributed by atoms with Crippen LogP contribution in [0.25, 0.3) is 17.0 Å². The van der Waals surface area contributed by atoms with Crippen LogP contribution in [0, 0.1) is 0 Å². The molecule has 1 aromatic carbocycles. The van der Waals surface area contributed by atoms with Crippen molar-refractivity contribution >= 4 is 23.4 Å². The molecule has 4 aromatic rings. The van der Waals surface area contributed by atoms with Gasteiger partial charge in [0.1, 0.15) is 11.5 Å². The van der Waals surface area contributed by atoms with Crippen molar-refractivity contribution in [2.24, 2.45) is 0 Å². The number of carbonyl (C=O) groups excluding carboxylic acids is 2. The highest BCUT2D eigenvalue weighted by atomic mass is 16.2. The summed E-state index contributed by atoms with van der Waals surface area (Å²) in [6, 6.07) is 11.4. The molecule has 0 saturated heterocycles. The molecule has 9 heteroatoms. The molecule has 9 nitrogen and oxygen atoms in total. The van der Waals surface area contributed by atoms with E-state index in [-0.39, 0.29) is 17.2 Å². The zero-order chi connectivity index (χ0) is 22.2. The number of hydrogen-bond donors (Lipinski definition) is 2. The molecule has 158 valence electrons. The molecule has 0 atom stereocenters. The maximum Gasteiger partial charge on any atom is 0.275 e. The number of aromatic nitrogens is 5. The molecule has 0 fully saturated rings. The largest absolute Gasteiger partial charge is 0.337 e. The minimum absolute atomic E-state index is 0.0797. The monoisotopic (exact) mass is 417 g/mol. The van der Waals surface area contributed by atoms with E-state index >= 15 is 0 Å². The van der Waals surface area contributed by atoms with E-state index in [4.69, 9.17) is 0 Å². The first-order chi connectivity index (χ1) is 14.7. The van der Waals surface area contributed by atoms with Gasteiger partial charge in [-0.15, -0.1) is 0 Å². The van der Waals surface area contributed by atoms with Crippen LogP contribution in [0.5, 0.6) is 0 Å². The summed E-state index contributed by atoms with van der Waals surface area (Å²) < 4.78 is 1.78. The number of rotatable bonds is 4. The summed E-state index contributed by atoms with van der Waals surface area (Å²) in [4.78, 5) is 36.1. The van der Waals surface area contributed by atoms with Crippen LogP contribution in [0.2, 0.25) is 0 Å². The van der Waals surface area contributed by atoms with Gasteiger partial charge in [-0.05, 0) is 26.8 Å². The van der Waals surface area contributed by atoms with Crippen molar-refractivity contribution in [3.8, 4) is 11.3 Å². The molecule has 3 aromatic heterocycles. The van der Waals surface area contributed by atoms with Gasteiger partial charge >= 0.3 is 0 Å². The van der Waals surface area contributed by atoms with E-state index in [1.807, 2.05) is 57.3 Å². The standard InChI is InChI=1S/C22H23N7O2/c1-22(2,3)28(4)20(31)15-12-23-27-18(15)19(30)25-17-10-11-29-13-16(24-21(29)26-17)14-8-6-5-7-9-14/h5-13H,1-4H3,(H,23,27)(H,24,25,26,30). The molecule has 0 spiro atoms. The van der Waals surface area contributed by atoms with Crippen LogP contribution in [0.1, 0.15) is 41.6 Å². The number of carbonyl (C=O) groups is 2. The minimum Gasteiger partial charge on any atom is -0.337 e. The van der Waals surface area contributed by atoms with Crippen LogP contribution in [0.15, 0.2) is 55.0 Å². The van der Waals surface area contributed by atoms with E-state index < -0.39 is 11.4 Å². The molecule has 2 amide bonds. The van der Waals surface area contributed by atoms with Crippen LogP contribution in [-0.4, -0.2) is 53.9 Å². The lowest BCUT2D eigenvalue weighted by Gasteiger charge is -2.31. The van der Waals surface area contributed by atoms with Crippen molar-refractivity contribution in [2.45, 2.75) is 26.3 Å². The highest BCUT2D eigenvalue weighted by Crippen LogP contribution is 2.20. The fourth-order valence-corrected chi connectivity index (χ4v) is 2.98. The van der Waals surface area contributed by atoms with Crippen LogP contribution < -0.4 is 5.32 Å². The highest BCUT2D eigenvalue weighted by Gasteiger charge is 2.28. The summed E-state index contributed by atoms with van der Waals surface area (Å²) in [6.07, 6.45) is 5.00. The second-order valence-electron chi connectivity index (χ2n) is 8.16. The fourth-order valence-electron chi connectivity index (χ4n) is 2.98. The van der Waals surface area contributed by atoms with Crippen molar-refractivity contribution in [1.29, 1.82) is 0 Å². The molecule has 0 unspecified atom stereocenters. The Morgan fingerprint density at radius 2 is 1.84 bits per heavy atom. The number of nitrogens with zero attached hydrogens (tertiary/aromatic N) is 5. The Bertz CT molecular complexity index is 1250. The number of fused-ring (bicyclic) bond motifs is 1. The van der Waals surface area contributed by atoms with Gasteiger partial charge in [-0.25, -0.2) is 4.98 Å². The number of amides is 2. The Hall–Kier alpha value is -4.01. The SMILES string of the molecule is CN(C(=O)c1cn[nH]c1C(=O)Nc1ccn2cc(-c3ccccc3)nc2n1)C(C)(C)C. The Kier molecular flexibility index (Phi) is 5.02. The smallest absolute Gasteiger partial charge is 0.275 e. The van der Waals surface area contributed by atoms with Gasteiger partial charge in [0.25, 0.3) is 11.8 Å². The Labute approximate surface area is 179 Å². The first kappa shape index (κ1) is 20.3. The second-order valence-corrected chi connectivity index (χ2v) is 8.16. The minimum atomic E-state index is -0.505. The molecule has 0 radical (unpaired) electrons. The first-order valence-corrected chi connectivity index (χ1v) is 9.78. The first-order valence-electron chi connectivity index (χ1n) is 9.78. The van der Waals surface area contributed by atoms with Crippen molar-refractivity contribution in [1.82, 2.24) is 29.5 Å². The number of anilines is 1. The number of aromatic amines is 1. The zero-order valence-electron chi connectivity index (χ0n) is 17.7. The summed E-state index contributed by atoms with van der Waals surface area (Å²) >= 11 is 0. The molecule has 0 aliphatic heterocycles. The van der Waals surface area contributed by atoms with Crippen molar-refractivity contribution in [3.63, 3.8) is 0 Å². The van der Waals surface area contributed by atoms with Gasteiger partial charge in [-0.2, -0.15) is 10.1 Å². The lowest BCUT2D eigenvalue weighted by atomic mass is 10.1. The van der Waals surface area contributed by atoms with Gasteiger partial charge in [-0.3, -0.25) is 19.1 Å². The van der Waals surface area contributed by atoms with E-state index in [1.165, 1.54) is 6.20 Å². The third kappa shape index (κ3) is 4.02. The van der Waals surface area contributed by atoms with Crippen LogP contribution in [0.4, 0.5) is 5.82 Å². The van der Waals surface area contributed by atoms with Crippen LogP contribution >= 0.6 is 0 Å². The van der Waals surface area contributed by atoms with E-state index in [1.54, 1.807) is 28.6 Å². The number of hydrogen-bond acceptors (Lipinski definition) is 5. The topological polar surface area (TPSA) is 108 Å². The molecule has 0 aliphatic carbocycles. The third-order valence-electron chi connectivity index (χ3n) is 5.05. The quantitative estimate of drug-likeness (QED) is 0.530. The predicted octanol–water partition coefficient (Wildman–Crippen LogP) is 3.24. The highest BCUT2D eigenvalue weighted by molar-refractivity contribution is 6.10. The average molecular weight is 417 g/mol. The summed E-state index contributed by atoms with van der Waals surface area (Å²) in [7, 11) is 1.69. The van der Waals surface area contributed by atoms with Crippen molar-refractivity contribution in [2.75, 3.05) is 12.4 Å². The summed E-state index contributed by atoms with van der Waals surface area (Å²) in [5, 5.41) is 9.22. The third-order valence-corrected chi connectivity index (χ3v) is 5.05. The molecule has 0 bridgehead atoms. The Morgan fingerprint density at radius 1 is 1.10 bits per heavy atom. The van der Waals surface area contributed by atoms with Gasteiger partial charge in [0.15, 0.2) is 0 Å². The van der Waals surface area contributed by atoms with E-state index in [9.17, 15) is 9.59 Å². The number of imidazole rings is 1. The number of H-pyrrole nitrogens is 1. The Morgan fingerprint density at radius 3 is 2.55 bits per heavy atom. The van der Waals surface area contributed by atoms with Gasteiger partial charge in [0.05, 0.1) is 17.5 Å². The maximum atomic E-state index is 12.8. The average Bonchev–Trinajstić information content (AvgIpc) is 3.39. The fraction of sp³-hybridized carbons (Fsp3) is 0.227. The molecule has 4 rings (SSSR count). The lowest BCUT2D eigenvalue weighted by Crippen LogP contribution is -2.43. The molecule has 2 N–H and O–H groups in total. The van der Waals surface area contributed by atoms with Crippen molar-refractivity contribution < 1.29 is 9.59 Å². The van der Waals surface area contributed by atoms with Crippen molar-refractivity contribution in [3.05, 3.63) is 66.2 Å². The summed E-state index contributed by atoms with van der Waals surface area (Å²) in [6.45, 7) is 5.74. The van der Waals surface area contributed by atoms with Gasteiger partial charge in [0, 0.05) is 30.5 Å². The van der Waals surface area contributed by atoms with Gasteiger partial charge in [0.2, 0.25) is 5.78 Å². The normalized spacial score (nSPS) is 11.5. The zero-order valence-corrected chi connectivity index (χ0v) is 17.7. The number of nitrogens with one attached hydrogen (secondary N) is 2. The molecule has 0 aliphatic rings. The Balaban J connectivity index is 1.57. The molecular weight excluding hydrogens is 394 g/mol. The molecular formula is C22H23N7O2. The van der Waals surface area contributed by atoms with E-state index in [0.29, 0.717) is 11.6 Å². The predicted molar refractivity (Wildman–Crippen MR) is 117 cm³/mol.